The number of hydrogen-bond acceptors (Lipinski definition) is 2. The van der Waals surface area contributed by atoms with Crippen LogP contribution in [-0.2, 0) is 4.79 Å². The van der Waals surface area contributed by atoms with Crippen LogP contribution in [0.1, 0.15) is 18.9 Å². The molecule has 0 fully saturated rings. The summed E-state index contributed by atoms with van der Waals surface area (Å²) in [5, 5.41) is 2.88. The minimum Gasteiger partial charge on any atom is -0.481 e. The van der Waals surface area contributed by atoms with E-state index in [0.717, 1.165) is 14.8 Å². The van der Waals surface area contributed by atoms with Crippen molar-refractivity contribution >= 4 is 34.2 Å². The predicted octanol–water partition coefficient (Wildman–Crippen LogP) is 4.53. The highest BCUT2D eigenvalue weighted by Crippen LogP contribution is 2.19. The average molecular weight is 413 g/mol. The Balaban J connectivity index is 2.06. The first kappa shape index (κ1) is 16.7. The van der Waals surface area contributed by atoms with Gasteiger partial charge in [0, 0.05) is 9.26 Å². The van der Waals surface area contributed by atoms with Crippen LogP contribution >= 0.6 is 22.6 Å². The lowest BCUT2D eigenvalue weighted by atomic mass is 10.2. The molecule has 2 aromatic rings. The van der Waals surface area contributed by atoms with Crippen molar-refractivity contribution in [3.05, 3.63) is 57.4 Å². The van der Waals surface area contributed by atoms with Crippen molar-refractivity contribution in [2.75, 3.05) is 5.32 Å². The van der Waals surface area contributed by atoms with Crippen molar-refractivity contribution < 1.29 is 13.9 Å². The van der Waals surface area contributed by atoms with Crippen molar-refractivity contribution in [2.45, 2.75) is 26.4 Å². The van der Waals surface area contributed by atoms with E-state index in [0.29, 0.717) is 12.2 Å². The Morgan fingerprint density at radius 3 is 2.55 bits per heavy atom. The molecule has 1 atom stereocenters. The summed E-state index contributed by atoms with van der Waals surface area (Å²) in [7, 11) is 0. The molecule has 0 spiro atoms. The molecule has 116 valence electrons. The van der Waals surface area contributed by atoms with Crippen molar-refractivity contribution in [2.24, 2.45) is 0 Å². The van der Waals surface area contributed by atoms with E-state index < -0.39 is 6.10 Å². The largest absolute Gasteiger partial charge is 0.481 e. The van der Waals surface area contributed by atoms with Gasteiger partial charge in [0.05, 0.1) is 0 Å². The number of benzene rings is 2. The Morgan fingerprint density at radius 1 is 1.27 bits per heavy atom. The first-order chi connectivity index (χ1) is 10.5. The molecule has 0 aliphatic carbocycles. The number of anilines is 1. The molecule has 0 aliphatic heterocycles. The monoisotopic (exact) mass is 413 g/mol. The number of hydrogen-bond donors (Lipinski definition) is 1. The molecular formula is C17H17FINO2. The Morgan fingerprint density at radius 2 is 1.95 bits per heavy atom. The molecule has 0 saturated heterocycles. The minimum absolute atomic E-state index is 0.212. The summed E-state index contributed by atoms with van der Waals surface area (Å²) in [4.78, 5) is 12.3. The summed E-state index contributed by atoms with van der Waals surface area (Å²) in [6.45, 7) is 3.81. The predicted molar refractivity (Wildman–Crippen MR) is 93.6 cm³/mol. The quantitative estimate of drug-likeness (QED) is 0.732. The van der Waals surface area contributed by atoms with Gasteiger partial charge in [-0.25, -0.2) is 4.39 Å². The summed E-state index contributed by atoms with van der Waals surface area (Å²) in [5.41, 5.74) is 1.77. The fraction of sp³-hybridized carbons (Fsp3) is 0.235. The number of carbonyl (C=O) groups is 1. The van der Waals surface area contributed by atoms with Crippen molar-refractivity contribution in [1.29, 1.82) is 0 Å². The van der Waals surface area contributed by atoms with E-state index in [9.17, 15) is 9.18 Å². The zero-order valence-corrected chi connectivity index (χ0v) is 14.6. The van der Waals surface area contributed by atoms with E-state index in [4.69, 9.17) is 4.74 Å². The van der Waals surface area contributed by atoms with Crippen molar-refractivity contribution in [3.8, 4) is 5.75 Å². The highest BCUT2D eigenvalue weighted by Gasteiger charge is 2.19. The third kappa shape index (κ3) is 4.43. The van der Waals surface area contributed by atoms with E-state index in [1.807, 2.05) is 32.0 Å². The zero-order valence-electron chi connectivity index (χ0n) is 12.4. The third-order valence-electron chi connectivity index (χ3n) is 3.20. The van der Waals surface area contributed by atoms with E-state index in [1.165, 1.54) is 24.3 Å². The van der Waals surface area contributed by atoms with Gasteiger partial charge in [-0.05, 0) is 84.0 Å². The summed E-state index contributed by atoms with van der Waals surface area (Å²) >= 11 is 2.23. The van der Waals surface area contributed by atoms with Crippen LogP contribution in [0.2, 0.25) is 0 Å². The molecule has 1 amide bonds. The molecular weight excluding hydrogens is 396 g/mol. The molecule has 2 aromatic carbocycles. The molecule has 0 heterocycles. The summed E-state index contributed by atoms with van der Waals surface area (Å²) in [6, 6.07) is 11.5. The lowest BCUT2D eigenvalue weighted by molar-refractivity contribution is -0.122. The Hall–Kier alpha value is -1.63. The van der Waals surface area contributed by atoms with Gasteiger partial charge in [-0.2, -0.15) is 0 Å². The maximum Gasteiger partial charge on any atom is 0.265 e. The lowest BCUT2D eigenvalue weighted by Crippen LogP contribution is -2.32. The van der Waals surface area contributed by atoms with Crippen LogP contribution in [0.15, 0.2) is 42.5 Å². The molecule has 1 N–H and O–H groups in total. The highest BCUT2D eigenvalue weighted by molar-refractivity contribution is 14.1. The molecule has 0 radical (unpaired) electrons. The molecule has 0 aliphatic rings. The second-order valence-electron chi connectivity index (χ2n) is 4.92. The van der Waals surface area contributed by atoms with Gasteiger partial charge in [0.15, 0.2) is 6.10 Å². The fourth-order valence-corrected chi connectivity index (χ4v) is 2.63. The third-order valence-corrected chi connectivity index (χ3v) is 3.87. The van der Waals surface area contributed by atoms with Crippen LogP contribution in [0, 0.1) is 16.3 Å². The first-order valence-corrected chi connectivity index (χ1v) is 8.06. The second-order valence-corrected chi connectivity index (χ2v) is 6.16. The Labute approximate surface area is 143 Å². The molecule has 3 nitrogen and oxygen atoms in total. The van der Waals surface area contributed by atoms with Crippen LogP contribution in [0.5, 0.6) is 5.75 Å². The SMILES string of the molecule is CCC(Oc1ccc(F)cc1)C(=O)Nc1ccc(I)cc1C. The molecule has 0 bridgehead atoms. The molecule has 0 saturated carbocycles. The van der Waals surface area contributed by atoms with Crippen LogP contribution in [-0.4, -0.2) is 12.0 Å². The van der Waals surface area contributed by atoms with Crippen LogP contribution in [0.25, 0.3) is 0 Å². The maximum absolute atomic E-state index is 12.9. The van der Waals surface area contributed by atoms with E-state index in [1.54, 1.807) is 0 Å². The average Bonchev–Trinajstić information content (AvgIpc) is 2.49. The normalized spacial score (nSPS) is 11.8. The van der Waals surface area contributed by atoms with Crippen LogP contribution in [0.4, 0.5) is 10.1 Å². The van der Waals surface area contributed by atoms with Crippen LogP contribution in [0.3, 0.4) is 0 Å². The Bertz CT molecular complexity index is 658. The maximum atomic E-state index is 12.9. The summed E-state index contributed by atoms with van der Waals surface area (Å²) in [5.74, 6) is -0.0711. The standard InChI is InChI=1S/C17H17FINO2/c1-3-16(22-14-7-4-12(18)5-8-14)17(21)20-15-9-6-13(19)10-11(15)2/h4-10,16H,3H2,1-2H3,(H,20,21). The topological polar surface area (TPSA) is 38.3 Å². The number of aryl methyl sites for hydroxylation is 1. The summed E-state index contributed by atoms with van der Waals surface area (Å²) in [6.07, 6.45) is -0.101. The minimum atomic E-state index is -0.621. The van der Waals surface area contributed by atoms with Crippen molar-refractivity contribution in [3.63, 3.8) is 0 Å². The Kier molecular flexibility index (Phi) is 5.76. The van der Waals surface area contributed by atoms with Gasteiger partial charge in [-0.15, -0.1) is 0 Å². The second kappa shape index (κ2) is 7.58. The highest BCUT2D eigenvalue weighted by atomic mass is 127. The number of amides is 1. The van der Waals surface area contributed by atoms with E-state index in [-0.39, 0.29) is 11.7 Å². The smallest absolute Gasteiger partial charge is 0.265 e. The van der Waals surface area contributed by atoms with Crippen LogP contribution < -0.4 is 10.1 Å². The summed E-state index contributed by atoms with van der Waals surface area (Å²) < 4.78 is 19.6. The number of rotatable bonds is 5. The van der Waals surface area contributed by atoms with Gasteiger partial charge in [-0.1, -0.05) is 6.92 Å². The number of carbonyl (C=O) groups excluding carboxylic acids is 1. The molecule has 1 unspecified atom stereocenters. The van der Waals surface area contributed by atoms with Gasteiger partial charge in [-0.3, -0.25) is 4.79 Å². The number of ether oxygens (including phenoxy) is 1. The van der Waals surface area contributed by atoms with Gasteiger partial charge in [0.2, 0.25) is 0 Å². The number of nitrogens with one attached hydrogen (secondary N) is 1. The molecule has 22 heavy (non-hydrogen) atoms. The lowest BCUT2D eigenvalue weighted by Gasteiger charge is -2.18. The van der Waals surface area contributed by atoms with Gasteiger partial charge >= 0.3 is 0 Å². The van der Waals surface area contributed by atoms with Gasteiger partial charge in [0.25, 0.3) is 5.91 Å². The zero-order chi connectivity index (χ0) is 16.1. The fourth-order valence-electron chi connectivity index (χ4n) is 1.98. The van der Waals surface area contributed by atoms with Gasteiger partial charge in [0.1, 0.15) is 11.6 Å². The van der Waals surface area contributed by atoms with E-state index in [2.05, 4.69) is 27.9 Å². The first-order valence-electron chi connectivity index (χ1n) is 6.99. The molecule has 5 heteroatoms. The van der Waals surface area contributed by atoms with Gasteiger partial charge < -0.3 is 10.1 Å². The molecule has 2 rings (SSSR count). The van der Waals surface area contributed by atoms with E-state index >= 15 is 0 Å². The van der Waals surface area contributed by atoms with Crippen molar-refractivity contribution in [1.82, 2.24) is 0 Å². The number of halogens is 2. The molecule has 0 aromatic heterocycles.